The number of carbonyl (C=O) groups excluding carboxylic acids is 3. The van der Waals surface area contributed by atoms with Crippen LogP contribution in [-0.2, 0) is 14.3 Å². The zero-order chi connectivity index (χ0) is 24.3. The molecule has 2 aromatic rings. The van der Waals surface area contributed by atoms with E-state index in [1.165, 1.54) is 6.42 Å². The van der Waals surface area contributed by atoms with Gasteiger partial charge in [0.05, 0.1) is 19.8 Å². The monoisotopic (exact) mass is 473 g/mol. The number of ether oxygens (including phenoxy) is 2. The Morgan fingerprint density at radius 2 is 1.82 bits per heavy atom. The molecule has 34 heavy (non-hydrogen) atoms. The first kappa shape index (κ1) is 25.7. The number of hydrogen-bond acceptors (Lipinski definition) is 7. The van der Waals surface area contributed by atoms with Gasteiger partial charge in [0.1, 0.15) is 5.52 Å². The van der Waals surface area contributed by atoms with Crippen LogP contribution >= 0.6 is 0 Å². The number of fused-ring (bicyclic) bond motifs is 1. The van der Waals surface area contributed by atoms with E-state index in [0.717, 1.165) is 25.7 Å². The van der Waals surface area contributed by atoms with Gasteiger partial charge in [0.2, 0.25) is 5.78 Å². The molecule has 1 aliphatic carbocycles. The second-order valence-corrected chi connectivity index (χ2v) is 8.34. The number of carbonyl (C=O) groups is 3. The van der Waals surface area contributed by atoms with Crippen LogP contribution in [0.1, 0.15) is 63.1 Å². The van der Waals surface area contributed by atoms with Crippen molar-refractivity contribution >= 4 is 28.9 Å². The summed E-state index contributed by atoms with van der Waals surface area (Å²) in [5.41, 5.74) is 1.09. The van der Waals surface area contributed by atoms with Gasteiger partial charge in [-0.2, -0.15) is 0 Å². The van der Waals surface area contributed by atoms with Crippen molar-refractivity contribution in [3.63, 3.8) is 0 Å². The molecule has 0 radical (unpaired) electrons. The van der Waals surface area contributed by atoms with E-state index in [1.807, 2.05) is 13.8 Å². The molecular weight excluding hydrogens is 438 g/mol. The van der Waals surface area contributed by atoms with E-state index in [1.54, 1.807) is 29.2 Å². The van der Waals surface area contributed by atoms with Crippen molar-refractivity contribution in [1.82, 2.24) is 15.2 Å². The van der Waals surface area contributed by atoms with Gasteiger partial charge in [-0.15, -0.1) is 0 Å². The third-order valence-corrected chi connectivity index (χ3v) is 6.03. The summed E-state index contributed by atoms with van der Waals surface area (Å²) in [5.74, 6) is -0.641. The van der Waals surface area contributed by atoms with Crippen molar-refractivity contribution in [2.45, 2.75) is 58.5 Å². The molecule has 9 nitrogen and oxygen atoms in total. The van der Waals surface area contributed by atoms with Crippen LogP contribution < -0.4 is 5.32 Å². The number of hydrogen-bond donors (Lipinski definition) is 1. The van der Waals surface area contributed by atoms with E-state index >= 15 is 0 Å². The first-order valence-corrected chi connectivity index (χ1v) is 12.3. The summed E-state index contributed by atoms with van der Waals surface area (Å²) < 4.78 is 16.4. The third-order valence-electron chi connectivity index (χ3n) is 6.03. The van der Waals surface area contributed by atoms with Crippen LogP contribution in [-0.4, -0.2) is 66.6 Å². The Bertz CT molecular complexity index is 914. The van der Waals surface area contributed by atoms with Crippen molar-refractivity contribution in [1.29, 1.82) is 0 Å². The largest absolute Gasteiger partial charge is 0.436 e. The molecule has 2 aliphatic rings. The van der Waals surface area contributed by atoms with Gasteiger partial charge in [-0.1, -0.05) is 58.1 Å². The van der Waals surface area contributed by atoms with Crippen molar-refractivity contribution < 1.29 is 28.3 Å². The first-order valence-electron chi connectivity index (χ1n) is 12.3. The van der Waals surface area contributed by atoms with E-state index in [2.05, 4.69) is 10.3 Å². The van der Waals surface area contributed by atoms with Crippen LogP contribution in [0, 0.1) is 5.92 Å². The second-order valence-electron chi connectivity index (χ2n) is 8.34. The van der Waals surface area contributed by atoms with E-state index in [0.29, 0.717) is 49.7 Å². The molecule has 2 fully saturated rings. The molecule has 1 unspecified atom stereocenters. The first-order chi connectivity index (χ1) is 16.6. The van der Waals surface area contributed by atoms with Crippen molar-refractivity contribution in [3.05, 3.63) is 30.2 Å². The minimum atomic E-state index is -0.940. The lowest BCUT2D eigenvalue weighted by molar-refractivity contribution is -0.131. The van der Waals surface area contributed by atoms with Crippen LogP contribution in [0.5, 0.6) is 0 Å². The number of Topliss-reactive ketones (excluding diaryl/α,β-unsaturated/α-hetero) is 1. The fourth-order valence-corrected chi connectivity index (χ4v) is 4.22. The predicted molar refractivity (Wildman–Crippen MR) is 127 cm³/mol. The van der Waals surface area contributed by atoms with Gasteiger partial charge in [0.15, 0.2) is 11.7 Å². The molecule has 1 saturated heterocycles. The van der Waals surface area contributed by atoms with Gasteiger partial charge in [0.25, 0.3) is 11.8 Å². The number of nitrogens with one attached hydrogen (secondary N) is 1. The SMILES string of the molecule is CC.O=C(CNC(=O)C(CC1CCCCC1)OC(=O)N1CCOCC1)c1nc2ccccc2o1. The fraction of sp³-hybridized carbons (Fsp3) is 0.600. The highest BCUT2D eigenvalue weighted by molar-refractivity contribution is 5.98. The van der Waals surface area contributed by atoms with Gasteiger partial charge < -0.3 is 24.1 Å². The highest BCUT2D eigenvalue weighted by Gasteiger charge is 2.30. The van der Waals surface area contributed by atoms with E-state index in [-0.39, 0.29) is 12.4 Å². The average molecular weight is 474 g/mol. The molecule has 1 aromatic carbocycles. The zero-order valence-electron chi connectivity index (χ0n) is 20.1. The van der Waals surface area contributed by atoms with Crippen LogP contribution in [0.4, 0.5) is 4.79 Å². The lowest BCUT2D eigenvalue weighted by atomic mass is 9.85. The topological polar surface area (TPSA) is 111 Å². The van der Waals surface area contributed by atoms with Gasteiger partial charge >= 0.3 is 6.09 Å². The summed E-state index contributed by atoms with van der Waals surface area (Å²) in [6.07, 6.45) is 4.46. The quantitative estimate of drug-likeness (QED) is 0.606. The number of aromatic nitrogens is 1. The number of oxazole rings is 1. The number of nitrogens with zero attached hydrogens (tertiary/aromatic N) is 2. The molecule has 1 saturated carbocycles. The number of benzene rings is 1. The second kappa shape index (κ2) is 13.1. The molecule has 186 valence electrons. The molecule has 2 amide bonds. The van der Waals surface area contributed by atoms with Crippen LogP contribution in [0.25, 0.3) is 11.1 Å². The van der Waals surface area contributed by atoms with E-state index < -0.39 is 23.9 Å². The molecule has 1 aromatic heterocycles. The summed E-state index contributed by atoms with van der Waals surface area (Å²) in [5, 5.41) is 2.61. The van der Waals surface area contributed by atoms with Crippen molar-refractivity contribution in [2.75, 3.05) is 32.8 Å². The van der Waals surface area contributed by atoms with Gasteiger partial charge in [-0.3, -0.25) is 9.59 Å². The summed E-state index contributed by atoms with van der Waals surface area (Å²) >= 11 is 0. The maximum absolute atomic E-state index is 12.9. The van der Waals surface area contributed by atoms with Gasteiger partial charge in [0, 0.05) is 13.1 Å². The van der Waals surface area contributed by atoms with Crippen LogP contribution in [0.2, 0.25) is 0 Å². The summed E-state index contributed by atoms with van der Waals surface area (Å²) in [6, 6.07) is 7.07. The maximum Gasteiger partial charge on any atom is 0.410 e. The third kappa shape index (κ3) is 7.03. The molecule has 4 rings (SSSR count). The molecule has 1 N–H and O–H groups in total. The molecule has 1 aliphatic heterocycles. The van der Waals surface area contributed by atoms with Crippen LogP contribution in [0.3, 0.4) is 0 Å². The van der Waals surface area contributed by atoms with Crippen molar-refractivity contribution in [2.24, 2.45) is 5.92 Å². The van der Waals surface area contributed by atoms with Gasteiger partial charge in [-0.05, 0) is 24.5 Å². The highest BCUT2D eigenvalue weighted by atomic mass is 16.6. The molecule has 0 spiro atoms. The highest BCUT2D eigenvalue weighted by Crippen LogP contribution is 2.28. The maximum atomic E-state index is 12.9. The molecule has 9 heteroatoms. The lowest BCUT2D eigenvalue weighted by Gasteiger charge is -2.30. The average Bonchev–Trinajstić information content (AvgIpc) is 3.33. The summed E-state index contributed by atoms with van der Waals surface area (Å²) in [6.45, 7) is 5.50. The van der Waals surface area contributed by atoms with Gasteiger partial charge in [-0.25, -0.2) is 9.78 Å². The number of para-hydroxylation sites is 2. The Balaban J connectivity index is 0.00000158. The summed E-state index contributed by atoms with van der Waals surface area (Å²) in [4.78, 5) is 43.7. The van der Waals surface area contributed by atoms with E-state index in [4.69, 9.17) is 13.9 Å². The van der Waals surface area contributed by atoms with E-state index in [9.17, 15) is 14.4 Å². The standard InChI is InChI=1S/C23H29N3O6.C2H6/c27-18(22-25-17-8-4-5-9-19(17)31-22)15-24-21(28)20(14-16-6-2-1-3-7-16)32-23(29)26-10-12-30-13-11-26;1-2/h4-5,8-9,16,20H,1-3,6-7,10-15H2,(H,24,28);1-2H3. The number of amides is 2. The smallest absolute Gasteiger partial charge is 0.410 e. The molecule has 0 bridgehead atoms. The minimum absolute atomic E-state index is 0.0550. The number of morpholine rings is 1. The number of ketones is 1. The fourth-order valence-electron chi connectivity index (χ4n) is 4.22. The Morgan fingerprint density at radius 1 is 1.12 bits per heavy atom. The molecule has 2 heterocycles. The Morgan fingerprint density at radius 3 is 2.53 bits per heavy atom. The molecular formula is C25H35N3O6. The number of rotatable bonds is 7. The Hall–Kier alpha value is -2.94. The Kier molecular flexibility index (Phi) is 9.88. The van der Waals surface area contributed by atoms with Crippen LogP contribution in [0.15, 0.2) is 28.7 Å². The van der Waals surface area contributed by atoms with Crippen molar-refractivity contribution in [3.8, 4) is 0 Å². The normalized spacial score (nSPS) is 17.4. The lowest BCUT2D eigenvalue weighted by Crippen LogP contribution is -2.46. The Labute approximate surface area is 200 Å². The predicted octanol–water partition coefficient (Wildman–Crippen LogP) is 3.96. The zero-order valence-corrected chi connectivity index (χ0v) is 20.1. The minimum Gasteiger partial charge on any atom is -0.436 e. The summed E-state index contributed by atoms with van der Waals surface area (Å²) in [7, 11) is 0. The molecule has 1 atom stereocenters.